The summed E-state index contributed by atoms with van der Waals surface area (Å²) in [6.07, 6.45) is 2.62. The summed E-state index contributed by atoms with van der Waals surface area (Å²) in [5.41, 5.74) is 3.34. The number of nitrogens with zero attached hydrogens (tertiary/aromatic N) is 3. The van der Waals surface area contributed by atoms with Crippen LogP contribution in [-0.4, -0.2) is 34.0 Å². The van der Waals surface area contributed by atoms with Crippen molar-refractivity contribution in [1.29, 1.82) is 0 Å². The fourth-order valence-corrected chi connectivity index (χ4v) is 4.41. The van der Waals surface area contributed by atoms with Gasteiger partial charge in [-0.05, 0) is 50.8 Å². The third kappa shape index (κ3) is 6.29. The van der Waals surface area contributed by atoms with Gasteiger partial charge in [-0.3, -0.25) is 9.69 Å². The Bertz CT molecular complexity index is 1020. The Hall–Kier alpha value is -2.99. The molecule has 174 valence electrons. The average Bonchev–Trinajstić information content (AvgIpc) is 3.28. The van der Waals surface area contributed by atoms with Crippen molar-refractivity contribution < 1.29 is 9.32 Å². The molecule has 4 rings (SSSR count). The van der Waals surface area contributed by atoms with E-state index >= 15 is 0 Å². The quantitative estimate of drug-likeness (QED) is 0.517. The first-order valence-electron chi connectivity index (χ1n) is 11.9. The van der Waals surface area contributed by atoms with Crippen LogP contribution in [0.5, 0.6) is 0 Å². The lowest BCUT2D eigenvalue weighted by molar-refractivity contribution is -0.127. The number of carbonyl (C=O) groups excluding carboxylic acids is 1. The Morgan fingerprint density at radius 2 is 1.79 bits per heavy atom. The van der Waals surface area contributed by atoms with Gasteiger partial charge in [0.2, 0.25) is 17.6 Å². The van der Waals surface area contributed by atoms with E-state index in [1.54, 1.807) is 0 Å². The molecule has 3 aromatic rings. The molecule has 1 aliphatic heterocycles. The molecule has 1 aromatic heterocycles. The number of benzene rings is 2. The molecule has 1 saturated heterocycles. The number of piperidine rings is 1. The fraction of sp³-hybridized carbons (Fsp3) is 0.444. The van der Waals surface area contributed by atoms with E-state index in [9.17, 15) is 4.79 Å². The molecular weight excluding hydrogens is 412 g/mol. The molecule has 1 N–H and O–H groups in total. The number of aryl methyl sites for hydroxylation is 1. The summed E-state index contributed by atoms with van der Waals surface area (Å²) in [6.45, 7) is 8.76. The van der Waals surface area contributed by atoms with Gasteiger partial charge in [0, 0.05) is 11.5 Å². The van der Waals surface area contributed by atoms with E-state index in [0.717, 1.165) is 37.9 Å². The standard InChI is InChI=1S/C27H34N4O2/c1-19(2)17-24(21-7-5-4-6-8-21)28-27(32)23-13-15-31(16-14-23)18-25-29-26(30-33-25)22-11-9-20(3)10-12-22/h4-12,19,23-24H,13-18H2,1-3H3,(H,28,32). The van der Waals surface area contributed by atoms with Crippen LogP contribution in [0.4, 0.5) is 0 Å². The second-order valence-corrected chi connectivity index (χ2v) is 9.53. The van der Waals surface area contributed by atoms with Crippen LogP contribution >= 0.6 is 0 Å². The normalized spacial score (nSPS) is 16.1. The zero-order valence-electron chi connectivity index (χ0n) is 19.8. The highest BCUT2D eigenvalue weighted by atomic mass is 16.5. The van der Waals surface area contributed by atoms with Crippen LogP contribution in [0.1, 0.15) is 56.2 Å². The van der Waals surface area contributed by atoms with Crippen LogP contribution in [0.15, 0.2) is 59.1 Å². The van der Waals surface area contributed by atoms with E-state index in [4.69, 9.17) is 4.52 Å². The van der Waals surface area contributed by atoms with Gasteiger partial charge in [-0.2, -0.15) is 4.98 Å². The lowest BCUT2D eigenvalue weighted by Crippen LogP contribution is -2.41. The van der Waals surface area contributed by atoms with Crippen LogP contribution < -0.4 is 5.32 Å². The minimum Gasteiger partial charge on any atom is -0.349 e. The van der Waals surface area contributed by atoms with Crippen molar-refractivity contribution in [1.82, 2.24) is 20.4 Å². The van der Waals surface area contributed by atoms with Crippen molar-refractivity contribution >= 4 is 5.91 Å². The second kappa shape index (κ2) is 10.8. The zero-order chi connectivity index (χ0) is 23.2. The summed E-state index contributed by atoms with van der Waals surface area (Å²) < 4.78 is 5.48. The third-order valence-corrected chi connectivity index (χ3v) is 6.32. The molecule has 0 radical (unpaired) electrons. The molecule has 0 saturated carbocycles. The first-order chi connectivity index (χ1) is 16.0. The summed E-state index contributed by atoms with van der Waals surface area (Å²) in [6, 6.07) is 18.5. The first-order valence-corrected chi connectivity index (χ1v) is 11.9. The molecule has 6 heteroatoms. The van der Waals surface area contributed by atoms with Gasteiger partial charge in [-0.25, -0.2) is 0 Å². The number of hydrogen-bond acceptors (Lipinski definition) is 5. The predicted octanol–water partition coefficient (Wildman–Crippen LogP) is 5.16. The number of aromatic nitrogens is 2. The molecule has 1 amide bonds. The highest BCUT2D eigenvalue weighted by Crippen LogP contribution is 2.25. The maximum Gasteiger partial charge on any atom is 0.241 e. The Kier molecular flexibility index (Phi) is 7.55. The Labute approximate surface area is 196 Å². The van der Waals surface area contributed by atoms with Gasteiger partial charge in [0.15, 0.2) is 0 Å². The van der Waals surface area contributed by atoms with Crippen molar-refractivity contribution in [2.24, 2.45) is 11.8 Å². The van der Waals surface area contributed by atoms with Crippen LogP contribution in [0.25, 0.3) is 11.4 Å². The summed E-state index contributed by atoms with van der Waals surface area (Å²) in [7, 11) is 0. The van der Waals surface area contributed by atoms with Crippen molar-refractivity contribution in [3.8, 4) is 11.4 Å². The number of likely N-dealkylation sites (tertiary alicyclic amines) is 1. The topological polar surface area (TPSA) is 71.3 Å². The first kappa shape index (κ1) is 23.2. The minimum atomic E-state index is 0.0467. The van der Waals surface area contributed by atoms with E-state index in [-0.39, 0.29) is 17.9 Å². The Morgan fingerprint density at radius 3 is 2.45 bits per heavy atom. The number of hydrogen-bond donors (Lipinski definition) is 1. The average molecular weight is 447 g/mol. The number of carbonyl (C=O) groups is 1. The Balaban J connectivity index is 1.29. The second-order valence-electron chi connectivity index (χ2n) is 9.53. The van der Waals surface area contributed by atoms with Crippen LogP contribution in [0.2, 0.25) is 0 Å². The summed E-state index contributed by atoms with van der Waals surface area (Å²) in [5.74, 6) is 1.97. The molecule has 1 aliphatic rings. The molecular formula is C27H34N4O2. The number of nitrogens with one attached hydrogen (secondary N) is 1. The number of amides is 1. The molecule has 1 unspecified atom stereocenters. The molecule has 1 fully saturated rings. The van der Waals surface area contributed by atoms with Crippen LogP contribution in [0.3, 0.4) is 0 Å². The minimum absolute atomic E-state index is 0.0467. The van der Waals surface area contributed by atoms with Crippen molar-refractivity contribution in [3.05, 3.63) is 71.6 Å². The van der Waals surface area contributed by atoms with Crippen molar-refractivity contribution in [2.45, 2.75) is 52.6 Å². The van der Waals surface area contributed by atoms with E-state index in [0.29, 0.717) is 24.2 Å². The van der Waals surface area contributed by atoms with E-state index in [1.807, 2.05) is 42.5 Å². The smallest absolute Gasteiger partial charge is 0.241 e. The molecule has 0 bridgehead atoms. The van der Waals surface area contributed by atoms with Crippen LogP contribution in [-0.2, 0) is 11.3 Å². The molecule has 33 heavy (non-hydrogen) atoms. The number of rotatable bonds is 8. The maximum absolute atomic E-state index is 13.0. The molecule has 6 nitrogen and oxygen atoms in total. The van der Waals surface area contributed by atoms with Gasteiger partial charge in [0.25, 0.3) is 0 Å². The molecule has 2 heterocycles. The highest BCUT2D eigenvalue weighted by Gasteiger charge is 2.28. The molecule has 2 aromatic carbocycles. The van der Waals surface area contributed by atoms with Gasteiger partial charge < -0.3 is 9.84 Å². The SMILES string of the molecule is Cc1ccc(-c2noc(CN3CCC(C(=O)NC(CC(C)C)c4ccccc4)CC3)n2)cc1. The van der Waals surface area contributed by atoms with Gasteiger partial charge in [-0.15, -0.1) is 0 Å². The predicted molar refractivity (Wildman–Crippen MR) is 129 cm³/mol. The maximum atomic E-state index is 13.0. The van der Waals surface area contributed by atoms with Crippen LogP contribution in [0, 0.1) is 18.8 Å². The lowest BCUT2D eigenvalue weighted by Gasteiger charge is -2.31. The monoisotopic (exact) mass is 446 g/mol. The Morgan fingerprint density at radius 1 is 1.09 bits per heavy atom. The summed E-state index contributed by atoms with van der Waals surface area (Å²) in [4.78, 5) is 19.9. The lowest BCUT2D eigenvalue weighted by atomic mass is 9.93. The van der Waals surface area contributed by atoms with Gasteiger partial charge in [0.05, 0.1) is 12.6 Å². The van der Waals surface area contributed by atoms with Crippen molar-refractivity contribution in [3.63, 3.8) is 0 Å². The highest BCUT2D eigenvalue weighted by molar-refractivity contribution is 5.79. The van der Waals surface area contributed by atoms with Gasteiger partial charge in [0.1, 0.15) is 0 Å². The fourth-order valence-electron chi connectivity index (χ4n) is 4.41. The van der Waals surface area contributed by atoms with Crippen molar-refractivity contribution in [2.75, 3.05) is 13.1 Å². The van der Waals surface area contributed by atoms with Gasteiger partial charge in [-0.1, -0.05) is 79.2 Å². The summed E-state index contributed by atoms with van der Waals surface area (Å²) in [5, 5.41) is 7.46. The van der Waals surface area contributed by atoms with Gasteiger partial charge >= 0.3 is 0 Å². The zero-order valence-corrected chi connectivity index (χ0v) is 19.8. The van der Waals surface area contributed by atoms with E-state index in [2.05, 4.69) is 53.3 Å². The third-order valence-electron chi connectivity index (χ3n) is 6.32. The van der Waals surface area contributed by atoms with E-state index in [1.165, 1.54) is 11.1 Å². The van der Waals surface area contributed by atoms with E-state index < -0.39 is 0 Å². The summed E-state index contributed by atoms with van der Waals surface area (Å²) >= 11 is 0. The molecule has 0 spiro atoms. The molecule has 0 aliphatic carbocycles. The largest absolute Gasteiger partial charge is 0.349 e. The molecule has 1 atom stereocenters.